The van der Waals surface area contributed by atoms with Crippen molar-refractivity contribution in [2.45, 2.75) is 37.4 Å². The zero-order valence-corrected chi connectivity index (χ0v) is 11.9. The number of aliphatic hydroxyl groups is 1. The van der Waals surface area contributed by atoms with Crippen LogP contribution in [0.4, 0.5) is 0 Å². The summed E-state index contributed by atoms with van der Waals surface area (Å²) in [5, 5.41) is 14.6. The molecule has 102 valence electrons. The van der Waals surface area contributed by atoms with Gasteiger partial charge in [0.25, 0.3) is 5.89 Å². The van der Waals surface area contributed by atoms with Gasteiger partial charge in [0.2, 0.25) is 0 Å². The quantitative estimate of drug-likeness (QED) is 0.879. The molecule has 1 N–H and O–H groups in total. The molecular weight excluding hydrogens is 260 g/mol. The Morgan fingerprint density at radius 1 is 1.32 bits per heavy atom. The summed E-state index contributed by atoms with van der Waals surface area (Å²) >= 11 is 1.78. The molecule has 0 bridgehead atoms. The fraction of sp³-hybridized carbons (Fsp3) is 0.429. The van der Waals surface area contributed by atoms with Crippen LogP contribution in [-0.4, -0.2) is 20.5 Å². The van der Waals surface area contributed by atoms with Crippen LogP contribution in [0.3, 0.4) is 0 Å². The molecule has 5 heteroatoms. The maximum atomic E-state index is 10.1. The first-order valence-corrected chi connectivity index (χ1v) is 7.42. The Kier molecular flexibility index (Phi) is 4.99. The van der Waals surface area contributed by atoms with Crippen molar-refractivity contribution in [3.8, 4) is 0 Å². The molecule has 0 aliphatic rings. The molecule has 19 heavy (non-hydrogen) atoms. The first kappa shape index (κ1) is 14.1. The average molecular weight is 278 g/mol. The number of aromatic nitrogens is 2. The summed E-state index contributed by atoms with van der Waals surface area (Å²) in [6, 6.07) is 9.31. The molecule has 0 aliphatic carbocycles. The van der Waals surface area contributed by atoms with Crippen molar-refractivity contribution in [1.29, 1.82) is 0 Å². The van der Waals surface area contributed by atoms with Gasteiger partial charge in [0.05, 0.1) is 5.75 Å². The number of hydrogen-bond acceptors (Lipinski definition) is 5. The highest BCUT2D eigenvalue weighted by Gasteiger charge is 2.18. The Labute approximate surface area is 117 Å². The van der Waals surface area contributed by atoms with Crippen LogP contribution in [0.1, 0.15) is 43.7 Å². The molecule has 2 rings (SSSR count). The van der Waals surface area contributed by atoms with Crippen LogP contribution < -0.4 is 0 Å². The van der Waals surface area contributed by atoms with E-state index in [9.17, 15) is 5.11 Å². The summed E-state index contributed by atoms with van der Waals surface area (Å²) in [5.74, 6) is 1.60. The van der Waals surface area contributed by atoms with E-state index in [1.54, 1.807) is 11.8 Å². The van der Waals surface area contributed by atoms with Crippen molar-refractivity contribution in [2.75, 3.05) is 0 Å². The first-order chi connectivity index (χ1) is 9.20. The SMILES string of the molecule is CCC(C)SCc1noc(C(O)c2ccccc2)n1. The maximum absolute atomic E-state index is 10.1. The van der Waals surface area contributed by atoms with E-state index in [4.69, 9.17) is 4.52 Å². The molecule has 0 saturated carbocycles. The number of rotatable bonds is 6. The smallest absolute Gasteiger partial charge is 0.260 e. The van der Waals surface area contributed by atoms with Crippen molar-refractivity contribution < 1.29 is 9.63 Å². The lowest BCUT2D eigenvalue weighted by molar-refractivity contribution is 0.170. The van der Waals surface area contributed by atoms with E-state index in [0.29, 0.717) is 16.8 Å². The topological polar surface area (TPSA) is 59.2 Å². The molecule has 2 aromatic rings. The van der Waals surface area contributed by atoms with Crippen LogP contribution in [0, 0.1) is 0 Å². The Balaban J connectivity index is 2.01. The Morgan fingerprint density at radius 3 is 2.74 bits per heavy atom. The summed E-state index contributed by atoms with van der Waals surface area (Å²) < 4.78 is 5.12. The van der Waals surface area contributed by atoms with Gasteiger partial charge in [0.15, 0.2) is 11.9 Å². The second-order valence-corrected chi connectivity index (χ2v) is 5.82. The highest BCUT2D eigenvalue weighted by Crippen LogP contribution is 2.22. The largest absolute Gasteiger partial charge is 0.378 e. The van der Waals surface area contributed by atoms with Gasteiger partial charge in [0.1, 0.15) is 0 Å². The Bertz CT molecular complexity index is 501. The fourth-order valence-electron chi connectivity index (χ4n) is 1.55. The van der Waals surface area contributed by atoms with Crippen molar-refractivity contribution in [3.63, 3.8) is 0 Å². The predicted molar refractivity (Wildman–Crippen MR) is 75.8 cm³/mol. The van der Waals surface area contributed by atoms with Gasteiger partial charge >= 0.3 is 0 Å². The second-order valence-electron chi connectivity index (χ2n) is 4.39. The third-order valence-electron chi connectivity index (χ3n) is 2.90. The monoisotopic (exact) mass is 278 g/mol. The van der Waals surface area contributed by atoms with E-state index < -0.39 is 6.10 Å². The maximum Gasteiger partial charge on any atom is 0.260 e. The summed E-state index contributed by atoms with van der Waals surface area (Å²) in [6.07, 6.45) is 0.262. The van der Waals surface area contributed by atoms with Gasteiger partial charge in [-0.05, 0) is 12.0 Å². The normalized spacial score (nSPS) is 14.3. The van der Waals surface area contributed by atoms with Crippen LogP contribution >= 0.6 is 11.8 Å². The standard InChI is InChI=1S/C14H18N2O2S/c1-3-10(2)19-9-12-15-14(18-16-12)13(17)11-7-5-4-6-8-11/h4-8,10,13,17H,3,9H2,1-2H3. The van der Waals surface area contributed by atoms with E-state index in [0.717, 1.165) is 12.0 Å². The minimum Gasteiger partial charge on any atom is -0.378 e. The Hall–Kier alpha value is -1.33. The lowest BCUT2D eigenvalue weighted by Gasteiger charge is -2.05. The van der Waals surface area contributed by atoms with Crippen molar-refractivity contribution in [1.82, 2.24) is 10.1 Å². The van der Waals surface area contributed by atoms with E-state index in [-0.39, 0.29) is 5.89 Å². The number of thioether (sulfide) groups is 1. The highest BCUT2D eigenvalue weighted by atomic mass is 32.2. The lowest BCUT2D eigenvalue weighted by Crippen LogP contribution is -2.00. The fourth-order valence-corrected chi connectivity index (χ4v) is 2.34. The number of nitrogens with zero attached hydrogens (tertiary/aromatic N) is 2. The molecule has 1 aromatic carbocycles. The van der Waals surface area contributed by atoms with E-state index in [2.05, 4.69) is 24.0 Å². The molecule has 0 amide bonds. The predicted octanol–water partition coefficient (Wildman–Crippen LogP) is 3.18. The van der Waals surface area contributed by atoms with Gasteiger partial charge in [-0.15, -0.1) is 0 Å². The highest BCUT2D eigenvalue weighted by molar-refractivity contribution is 7.99. The zero-order valence-electron chi connectivity index (χ0n) is 11.1. The number of hydrogen-bond donors (Lipinski definition) is 1. The minimum atomic E-state index is -0.851. The van der Waals surface area contributed by atoms with E-state index >= 15 is 0 Å². The molecular formula is C14H18N2O2S. The Morgan fingerprint density at radius 2 is 2.05 bits per heavy atom. The van der Waals surface area contributed by atoms with Crippen molar-refractivity contribution in [3.05, 3.63) is 47.6 Å². The van der Waals surface area contributed by atoms with Crippen molar-refractivity contribution >= 4 is 11.8 Å². The molecule has 2 unspecified atom stereocenters. The van der Waals surface area contributed by atoms with Crippen LogP contribution in [0.2, 0.25) is 0 Å². The van der Waals surface area contributed by atoms with Crippen LogP contribution in [-0.2, 0) is 5.75 Å². The van der Waals surface area contributed by atoms with Crippen LogP contribution in [0.15, 0.2) is 34.9 Å². The minimum absolute atomic E-state index is 0.256. The van der Waals surface area contributed by atoms with E-state index in [1.807, 2.05) is 30.3 Å². The summed E-state index contributed by atoms with van der Waals surface area (Å²) in [5.41, 5.74) is 0.757. The molecule has 0 fully saturated rings. The lowest BCUT2D eigenvalue weighted by atomic mass is 10.1. The average Bonchev–Trinajstić information content (AvgIpc) is 2.93. The van der Waals surface area contributed by atoms with Gasteiger partial charge in [-0.3, -0.25) is 0 Å². The molecule has 0 radical (unpaired) electrons. The molecule has 0 aliphatic heterocycles. The first-order valence-electron chi connectivity index (χ1n) is 6.37. The third-order valence-corrected chi connectivity index (χ3v) is 4.23. The zero-order chi connectivity index (χ0) is 13.7. The van der Waals surface area contributed by atoms with Crippen LogP contribution in [0.5, 0.6) is 0 Å². The summed E-state index contributed by atoms with van der Waals surface area (Å²) in [6.45, 7) is 4.32. The van der Waals surface area contributed by atoms with Crippen molar-refractivity contribution in [2.24, 2.45) is 0 Å². The molecule has 4 nitrogen and oxygen atoms in total. The summed E-state index contributed by atoms with van der Waals surface area (Å²) in [7, 11) is 0. The molecule has 0 spiro atoms. The summed E-state index contributed by atoms with van der Waals surface area (Å²) in [4.78, 5) is 4.24. The third kappa shape index (κ3) is 3.81. The molecule has 0 saturated heterocycles. The molecule has 1 heterocycles. The second kappa shape index (κ2) is 6.73. The number of benzene rings is 1. The van der Waals surface area contributed by atoms with Gasteiger partial charge < -0.3 is 9.63 Å². The van der Waals surface area contributed by atoms with E-state index in [1.165, 1.54) is 0 Å². The van der Waals surface area contributed by atoms with Gasteiger partial charge in [-0.2, -0.15) is 16.7 Å². The van der Waals surface area contributed by atoms with Gasteiger partial charge in [0, 0.05) is 5.25 Å². The molecule has 2 atom stereocenters. The number of aliphatic hydroxyl groups excluding tert-OH is 1. The van der Waals surface area contributed by atoms with Gasteiger partial charge in [-0.25, -0.2) is 0 Å². The molecule has 1 aromatic heterocycles. The van der Waals surface area contributed by atoms with Gasteiger partial charge in [-0.1, -0.05) is 49.3 Å². The van der Waals surface area contributed by atoms with Crippen LogP contribution in [0.25, 0.3) is 0 Å².